The minimum atomic E-state index is 0.171. The van der Waals surface area contributed by atoms with E-state index in [-0.39, 0.29) is 5.91 Å². The van der Waals surface area contributed by atoms with E-state index in [9.17, 15) is 4.79 Å². The molecular formula is C24H26N4O2. The first-order chi connectivity index (χ1) is 14.7. The largest absolute Gasteiger partial charge is 0.494 e. The molecule has 2 aromatic carbocycles. The molecule has 4 rings (SSSR count). The Balaban J connectivity index is 1.38. The molecule has 30 heavy (non-hydrogen) atoms. The normalized spacial score (nSPS) is 13.9. The number of carbonyl (C=O) groups excluding carboxylic acids is 1. The first-order valence-corrected chi connectivity index (χ1v) is 10.4. The van der Waals surface area contributed by atoms with Gasteiger partial charge in [0.15, 0.2) is 0 Å². The number of nitrogens with zero attached hydrogens (tertiary/aromatic N) is 4. The Morgan fingerprint density at radius 1 is 0.967 bits per heavy atom. The fourth-order valence-electron chi connectivity index (χ4n) is 3.59. The summed E-state index contributed by atoms with van der Waals surface area (Å²) in [4.78, 5) is 25.9. The molecule has 154 valence electrons. The minimum absolute atomic E-state index is 0.171. The monoisotopic (exact) mass is 402 g/mol. The number of amides is 1. The van der Waals surface area contributed by atoms with Gasteiger partial charge in [0.2, 0.25) is 11.9 Å². The maximum Gasteiger partial charge on any atom is 0.227 e. The fourth-order valence-corrected chi connectivity index (χ4v) is 3.59. The summed E-state index contributed by atoms with van der Waals surface area (Å²) in [6.07, 6.45) is 2.24. The van der Waals surface area contributed by atoms with Crippen LogP contribution in [0.15, 0.2) is 66.9 Å². The summed E-state index contributed by atoms with van der Waals surface area (Å²) < 4.78 is 5.51. The highest BCUT2D eigenvalue weighted by molar-refractivity contribution is 5.79. The zero-order valence-electron chi connectivity index (χ0n) is 17.2. The predicted molar refractivity (Wildman–Crippen MR) is 118 cm³/mol. The Kier molecular flexibility index (Phi) is 6.23. The van der Waals surface area contributed by atoms with Gasteiger partial charge in [-0.3, -0.25) is 4.79 Å². The lowest BCUT2D eigenvalue weighted by Crippen LogP contribution is -2.49. The molecule has 0 atom stereocenters. The van der Waals surface area contributed by atoms with E-state index in [0.717, 1.165) is 35.7 Å². The molecule has 2 heterocycles. The molecule has 1 aliphatic heterocycles. The average Bonchev–Trinajstić information content (AvgIpc) is 2.81. The zero-order chi connectivity index (χ0) is 20.8. The van der Waals surface area contributed by atoms with Gasteiger partial charge in [-0.2, -0.15) is 0 Å². The highest BCUT2D eigenvalue weighted by Crippen LogP contribution is 2.22. The summed E-state index contributed by atoms with van der Waals surface area (Å²) in [7, 11) is 0. The van der Waals surface area contributed by atoms with Gasteiger partial charge in [0, 0.05) is 37.9 Å². The Hall–Kier alpha value is -3.41. The minimum Gasteiger partial charge on any atom is -0.494 e. The number of anilines is 1. The van der Waals surface area contributed by atoms with Gasteiger partial charge in [0.1, 0.15) is 5.75 Å². The third-order valence-electron chi connectivity index (χ3n) is 5.22. The number of ether oxygens (including phenoxy) is 1. The highest BCUT2D eigenvalue weighted by Gasteiger charge is 2.22. The zero-order valence-corrected chi connectivity index (χ0v) is 17.2. The maximum atomic E-state index is 12.6. The molecule has 6 heteroatoms. The molecule has 1 fully saturated rings. The molecule has 1 aromatic heterocycles. The van der Waals surface area contributed by atoms with Gasteiger partial charge in [-0.15, -0.1) is 0 Å². The molecule has 1 aliphatic rings. The van der Waals surface area contributed by atoms with E-state index >= 15 is 0 Å². The van der Waals surface area contributed by atoms with Crippen molar-refractivity contribution in [3.63, 3.8) is 0 Å². The van der Waals surface area contributed by atoms with Crippen molar-refractivity contribution in [2.24, 2.45) is 0 Å². The van der Waals surface area contributed by atoms with E-state index in [4.69, 9.17) is 9.72 Å². The Morgan fingerprint density at radius 2 is 1.70 bits per heavy atom. The summed E-state index contributed by atoms with van der Waals surface area (Å²) in [6, 6.07) is 19.7. The number of hydrogen-bond acceptors (Lipinski definition) is 5. The van der Waals surface area contributed by atoms with Crippen molar-refractivity contribution in [2.75, 3.05) is 37.7 Å². The van der Waals surface area contributed by atoms with Gasteiger partial charge < -0.3 is 14.5 Å². The number of piperazine rings is 1. The standard InChI is InChI=1S/C24H26N4O2/c1-2-30-21-10-8-20(9-11-21)22-12-13-25-24(26-22)28-16-14-27(15-17-28)23(29)18-19-6-4-3-5-7-19/h3-13H,2,14-18H2,1H3. The second-order valence-corrected chi connectivity index (χ2v) is 7.23. The summed E-state index contributed by atoms with van der Waals surface area (Å²) in [5.74, 6) is 1.73. The molecule has 0 N–H and O–H groups in total. The summed E-state index contributed by atoms with van der Waals surface area (Å²) >= 11 is 0. The fraction of sp³-hybridized carbons (Fsp3) is 0.292. The van der Waals surface area contributed by atoms with E-state index < -0.39 is 0 Å². The third kappa shape index (κ3) is 4.76. The molecule has 0 aliphatic carbocycles. The quantitative estimate of drug-likeness (QED) is 0.632. The van der Waals surface area contributed by atoms with Gasteiger partial charge in [-0.25, -0.2) is 9.97 Å². The Bertz CT molecular complexity index is 968. The van der Waals surface area contributed by atoms with Crippen LogP contribution in [-0.4, -0.2) is 53.6 Å². The van der Waals surface area contributed by atoms with E-state index in [1.54, 1.807) is 6.20 Å². The molecular weight excluding hydrogens is 376 g/mol. The third-order valence-corrected chi connectivity index (χ3v) is 5.22. The van der Waals surface area contributed by atoms with Crippen molar-refractivity contribution in [1.29, 1.82) is 0 Å². The summed E-state index contributed by atoms with van der Waals surface area (Å²) in [6.45, 7) is 5.45. The summed E-state index contributed by atoms with van der Waals surface area (Å²) in [5.41, 5.74) is 2.96. The van der Waals surface area contributed by atoms with Crippen molar-refractivity contribution in [3.8, 4) is 17.0 Å². The Labute approximate surface area is 177 Å². The van der Waals surface area contributed by atoms with Crippen LogP contribution < -0.4 is 9.64 Å². The first kappa shape index (κ1) is 19.9. The van der Waals surface area contributed by atoms with Gasteiger partial charge in [-0.05, 0) is 42.8 Å². The topological polar surface area (TPSA) is 58.6 Å². The smallest absolute Gasteiger partial charge is 0.227 e. The van der Waals surface area contributed by atoms with Crippen molar-refractivity contribution in [2.45, 2.75) is 13.3 Å². The number of carbonyl (C=O) groups is 1. The van der Waals surface area contributed by atoms with Gasteiger partial charge >= 0.3 is 0 Å². The predicted octanol–water partition coefficient (Wildman–Crippen LogP) is 3.43. The van der Waals surface area contributed by atoms with Crippen LogP contribution in [0.2, 0.25) is 0 Å². The second kappa shape index (κ2) is 9.39. The van der Waals surface area contributed by atoms with Gasteiger partial charge in [-0.1, -0.05) is 30.3 Å². The molecule has 6 nitrogen and oxygen atoms in total. The molecule has 0 radical (unpaired) electrons. The van der Waals surface area contributed by atoms with Crippen molar-refractivity contribution >= 4 is 11.9 Å². The molecule has 0 spiro atoms. The second-order valence-electron chi connectivity index (χ2n) is 7.23. The maximum absolute atomic E-state index is 12.6. The van der Waals surface area contributed by atoms with Gasteiger partial charge in [0.25, 0.3) is 0 Å². The number of hydrogen-bond donors (Lipinski definition) is 0. The van der Waals surface area contributed by atoms with Crippen LogP contribution in [-0.2, 0) is 11.2 Å². The van der Waals surface area contributed by atoms with Crippen LogP contribution in [0.4, 0.5) is 5.95 Å². The van der Waals surface area contributed by atoms with Crippen LogP contribution >= 0.6 is 0 Å². The van der Waals surface area contributed by atoms with Crippen molar-refractivity contribution in [3.05, 3.63) is 72.4 Å². The van der Waals surface area contributed by atoms with Crippen LogP contribution in [0.1, 0.15) is 12.5 Å². The lowest BCUT2D eigenvalue weighted by Gasteiger charge is -2.35. The van der Waals surface area contributed by atoms with Crippen molar-refractivity contribution < 1.29 is 9.53 Å². The van der Waals surface area contributed by atoms with Crippen LogP contribution in [0, 0.1) is 0 Å². The number of rotatable bonds is 6. The van der Waals surface area contributed by atoms with Crippen LogP contribution in [0.3, 0.4) is 0 Å². The lowest BCUT2D eigenvalue weighted by molar-refractivity contribution is -0.130. The lowest BCUT2D eigenvalue weighted by atomic mass is 10.1. The highest BCUT2D eigenvalue weighted by atomic mass is 16.5. The summed E-state index contributed by atoms with van der Waals surface area (Å²) in [5, 5.41) is 0. The van der Waals surface area contributed by atoms with E-state index in [2.05, 4.69) is 9.88 Å². The van der Waals surface area contributed by atoms with Crippen LogP contribution in [0.25, 0.3) is 11.3 Å². The first-order valence-electron chi connectivity index (χ1n) is 10.4. The van der Waals surface area contributed by atoms with E-state index in [0.29, 0.717) is 32.1 Å². The Morgan fingerprint density at radius 3 is 2.40 bits per heavy atom. The van der Waals surface area contributed by atoms with Crippen LogP contribution in [0.5, 0.6) is 5.75 Å². The molecule has 1 saturated heterocycles. The molecule has 3 aromatic rings. The molecule has 1 amide bonds. The number of benzene rings is 2. The van der Waals surface area contributed by atoms with Gasteiger partial charge in [0.05, 0.1) is 18.7 Å². The average molecular weight is 402 g/mol. The SMILES string of the molecule is CCOc1ccc(-c2ccnc(N3CCN(C(=O)Cc4ccccc4)CC3)n2)cc1. The molecule has 0 saturated carbocycles. The molecule has 0 unspecified atom stereocenters. The number of aromatic nitrogens is 2. The molecule has 0 bridgehead atoms. The van der Waals surface area contributed by atoms with E-state index in [1.807, 2.05) is 72.5 Å². The van der Waals surface area contributed by atoms with E-state index in [1.165, 1.54) is 0 Å². The van der Waals surface area contributed by atoms with Crippen molar-refractivity contribution in [1.82, 2.24) is 14.9 Å².